The van der Waals surface area contributed by atoms with Crippen molar-refractivity contribution in [3.05, 3.63) is 24.1 Å². The third kappa shape index (κ3) is 6.13. The van der Waals surface area contributed by atoms with Crippen molar-refractivity contribution in [3.8, 4) is 0 Å². The second kappa shape index (κ2) is 10.0. The van der Waals surface area contributed by atoms with Gasteiger partial charge in [0.1, 0.15) is 5.83 Å². The third-order valence-electron chi connectivity index (χ3n) is 3.32. The average Bonchev–Trinajstić information content (AvgIpc) is 2.34. The summed E-state index contributed by atoms with van der Waals surface area (Å²) in [6.45, 7) is 8.24. The quantitative estimate of drug-likeness (QED) is 0.409. The third-order valence-corrected chi connectivity index (χ3v) is 3.32. The minimum atomic E-state index is -0.144. The van der Waals surface area contributed by atoms with Crippen LogP contribution in [-0.2, 0) is 0 Å². The van der Waals surface area contributed by atoms with Crippen LogP contribution in [0.15, 0.2) is 29.0 Å². The zero-order valence-corrected chi connectivity index (χ0v) is 12.5. The lowest BCUT2D eigenvalue weighted by molar-refractivity contribution is 0.503. The lowest BCUT2D eigenvalue weighted by Crippen LogP contribution is -2.20. The first-order valence-corrected chi connectivity index (χ1v) is 7.06. The summed E-state index contributed by atoms with van der Waals surface area (Å²) >= 11 is 0. The molecule has 18 heavy (non-hydrogen) atoms. The first-order valence-electron chi connectivity index (χ1n) is 7.06. The van der Waals surface area contributed by atoms with Crippen LogP contribution in [0.5, 0.6) is 0 Å². The zero-order chi connectivity index (χ0) is 14.0. The van der Waals surface area contributed by atoms with Crippen LogP contribution in [0.2, 0.25) is 0 Å². The molecule has 0 bridgehead atoms. The van der Waals surface area contributed by atoms with Crippen LogP contribution in [0.25, 0.3) is 0 Å². The van der Waals surface area contributed by atoms with Crippen LogP contribution in [0.3, 0.4) is 0 Å². The molecule has 2 atom stereocenters. The number of halogens is 1. The SMILES string of the molecule is C/C=C\C(F)=C/C(C)C(CC)C(CCCC)=NC. The monoisotopic (exact) mass is 253 g/mol. The van der Waals surface area contributed by atoms with Gasteiger partial charge in [-0.25, -0.2) is 4.39 Å². The van der Waals surface area contributed by atoms with Crippen LogP contribution in [0.4, 0.5) is 4.39 Å². The lowest BCUT2D eigenvalue weighted by Gasteiger charge is -2.22. The largest absolute Gasteiger partial charge is 0.297 e. The molecule has 1 nitrogen and oxygen atoms in total. The smallest absolute Gasteiger partial charge is 0.119 e. The normalized spacial score (nSPS) is 17.2. The van der Waals surface area contributed by atoms with Crippen molar-refractivity contribution in [1.29, 1.82) is 0 Å². The standard InChI is InChI=1S/C16H28FN/c1-6-9-11-16(18-5)15(8-3)13(4)12-14(17)10-7-2/h7,10,12-13,15H,6,8-9,11H2,1-5H3/b10-7-,14-12+,18-16?. The molecule has 0 saturated carbocycles. The van der Waals surface area contributed by atoms with E-state index in [1.807, 2.05) is 14.0 Å². The summed E-state index contributed by atoms with van der Waals surface area (Å²) in [4.78, 5) is 4.42. The maximum absolute atomic E-state index is 13.5. The maximum atomic E-state index is 13.5. The highest BCUT2D eigenvalue weighted by Crippen LogP contribution is 2.23. The fourth-order valence-corrected chi connectivity index (χ4v) is 2.31. The molecule has 0 heterocycles. The minimum absolute atomic E-state index is 0.144. The van der Waals surface area contributed by atoms with Gasteiger partial charge in [0.05, 0.1) is 0 Å². The highest BCUT2D eigenvalue weighted by molar-refractivity contribution is 5.87. The predicted octanol–water partition coefficient (Wildman–Crippen LogP) is 5.34. The highest BCUT2D eigenvalue weighted by atomic mass is 19.1. The molecule has 0 amide bonds. The van der Waals surface area contributed by atoms with Crippen LogP contribution in [-0.4, -0.2) is 12.8 Å². The number of allylic oxidation sites excluding steroid dienone is 4. The van der Waals surface area contributed by atoms with Crippen LogP contribution < -0.4 is 0 Å². The number of rotatable bonds is 8. The molecule has 0 spiro atoms. The van der Waals surface area contributed by atoms with E-state index in [9.17, 15) is 4.39 Å². The van der Waals surface area contributed by atoms with Gasteiger partial charge in [0.25, 0.3) is 0 Å². The summed E-state index contributed by atoms with van der Waals surface area (Å²) in [6, 6.07) is 0. The molecule has 0 aliphatic heterocycles. The summed E-state index contributed by atoms with van der Waals surface area (Å²) in [6.07, 6.45) is 9.34. The van der Waals surface area contributed by atoms with Gasteiger partial charge in [-0.15, -0.1) is 0 Å². The summed E-state index contributed by atoms with van der Waals surface area (Å²) < 4.78 is 13.5. The molecule has 0 rings (SSSR count). The molecule has 0 saturated heterocycles. The van der Waals surface area contributed by atoms with E-state index in [-0.39, 0.29) is 11.7 Å². The molecule has 0 aromatic carbocycles. The van der Waals surface area contributed by atoms with Gasteiger partial charge in [-0.2, -0.15) is 0 Å². The van der Waals surface area contributed by atoms with Gasteiger partial charge >= 0.3 is 0 Å². The molecule has 2 unspecified atom stereocenters. The van der Waals surface area contributed by atoms with Gasteiger partial charge in [-0.3, -0.25) is 4.99 Å². The molecule has 0 aromatic heterocycles. The Morgan fingerprint density at radius 3 is 2.44 bits per heavy atom. The molecule has 0 fully saturated rings. The number of hydrogen-bond donors (Lipinski definition) is 0. The number of nitrogens with zero attached hydrogens (tertiary/aromatic N) is 1. The molecule has 104 valence electrons. The molecular formula is C16H28FN. The fourth-order valence-electron chi connectivity index (χ4n) is 2.31. The molecule has 0 N–H and O–H groups in total. The van der Waals surface area contributed by atoms with E-state index in [1.54, 1.807) is 12.2 Å². The Morgan fingerprint density at radius 2 is 2.00 bits per heavy atom. The van der Waals surface area contributed by atoms with Crippen molar-refractivity contribution in [2.45, 2.75) is 53.4 Å². The summed E-state index contributed by atoms with van der Waals surface area (Å²) in [5, 5.41) is 0. The van der Waals surface area contributed by atoms with E-state index < -0.39 is 0 Å². The van der Waals surface area contributed by atoms with Crippen molar-refractivity contribution in [1.82, 2.24) is 0 Å². The van der Waals surface area contributed by atoms with Gasteiger partial charge in [0.2, 0.25) is 0 Å². The maximum Gasteiger partial charge on any atom is 0.119 e. The van der Waals surface area contributed by atoms with E-state index in [0.29, 0.717) is 5.92 Å². The van der Waals surface area contributed by atoms with Gasteiger partial charge in [-0.05, 0) is 44.3 Å². The predicted molar refractivity (Wildman–Crippen MR) is 79.8 cm³/mol. The lowest BCUT2D eigenvalue weighted by atomic mass is 9.84. The zero-order valence-electron chi connectivity index (χ0n) is 12.5. The van der Waals surface area contributed by atoms with Crippen molar-refractivity contribution in [3.63, 3.8) is 0 Å². The topological polar surface area (TPSA) is 12.4 Å². The van der Waals surface area contributed by atoms with Crippen LogP contribution >= 0.6 is 0 Å². The first-order chi connectivity index (χ1) is 8.60. The number of unbranched alkanes of at least 4 members (excludes halogenated alkanes) is 1. The second-order valence-corrected chi connectivity index (χ2v) is 4.74. The van der Waals surface area contributed by atoms with E-state index in [1.165, 1.54) is 18.2 Å². The van der Waals surface area contributed by atoms with Gasteiger partial charge in [0.15, 0.2) is 0 Å². The van der Waals surface area contributed by atoms with Crippen molar-refractivity contribution in [2.24, 2.45) is 16.8 Å². The minimum Gasteiger partial charge on any atom is -0.297 e. The number of aliphatic imine (C=N–C) groups is 1. The summed E-state index contributed by atoms with van der Waals surface area (Å²) in [7, 11) is 1.85. The van der Waals surface area contributed by atoms with Crippen LogP contribution in [0, 0.1) is 11.8 Å². The van der Waals surface area contributed by atoms with Crippen molar-refractivity contribution < 1.29 is 4.39 Å². The molecule has 0 aliphatic rings. The van der Waals surface area contributed by atoms with Gasteiger partial charge < -0.3 is 0 Å². The van der Waals surface area contributed by atoms with E-state index in [2.05, 4.69) is 25.8 Å². The Bertz CT molecular complexity index is 302. The fraction of sp³-hybridized carbons (Fsp3) is 0.688. The van der Waals surface area contributed by atoms with Gasteiger partial charge in [0, 0.05) is 18.7 Å². The second-order valence-electron chi connectivity index (χ2n) is 4.74. The Labute approximate surface area is 112 Å². The van der Waals surface area contributed by atoms with E-state index >= 15 is 0 Å². The molecule has 2 heteroatoms. The first kappa shape index (κ1) is 17.1. The van der Waals surface area contributed by atoms with E-state index in [4.69, 9.17) is 0 Å². The van der Waals surface area contributed by atoms with Crippen LogP contribution in [0.1, 0.15) is 53.4 Å². The molecule has 0 aromatic rings. The molecular weight excluding hydrogens is 225 g/mol. The molecule has 0 radical (unpaired) electrons. The Balaban J connectivity index is 4.78. The van der Waals surface area contributed by atoms with E-state index in [0.717, 1.165) is 19.3 Å². The van der Waals surface area contributed by atoms with Gasteiger partial charge in [-0.1, -0.05) is 33.3 Å². The van der Waals surface area contributed by atoms with Crippen molar-refractivity contribution >= 4 is 5.71 Å². The Kier molecular flexibility index (Phi) is 9.53. The number of hydrogen-bond acceptors (Lipinski definition) is 1. The summed E-state index contributed by atoms with van der Waals surface area (Å²) in [5.74, 6) is 0.411. The summed E-state index contributed by atoms with van der Waals surface area (Å²) in [5.41, 5.74) is 1.23. The van der Waals surface area contributed by atoms with Crippen molar-refractivity contribution in [2.75, 3.05) is 7.05 Å². The Morgan fingerprint density at radius 1 is 1.33 bits per heavy atom. The molecule has 0 aliphatic carbocycles. The Hall–Kier alpha value is -0.920. The highest BCUT2D eigenvalue weighted by Gasteiger charge is 2.19. The average molecular weight is 253 g/mol.